The SMILES string of the molecule is CS(=O)(=O)c1ccc(CNC(=O)c2ccc3c(c2)OCCN3c2cccc3ncccc23)cc1. The van der Waals surface area contributed by atoms with E-state index in [4.69, 9.17) is 4.74 Å². The summed E-state index contributed by atoms with van der Waals surface area (Å²) < 4.78 is 29.1. The van der Waals surface area contributed by atoms with Crippen LogP contribution in [0.4, 0.5) is 11.4 Å². The number of nitrogens with one attached hydrogen (secondary N) is 1. The molecular weight excluding hydrogens is 450 g/mol. The van der Waals surface area contributed by atoms with Gasteiger partial charge in [0.15, 0.2) is 9.84 Å². The number of carbonyl (C=O) groups is 1. The highest BCUT2D eigenvalue weighted by molar-refractivity contribution is 7.90. The van der Waals surface area contributed by atoms with Gasteiger partial charge in [-0.05, 0) is 60.2 Å². The quantitative estimate of drug-likeness (QED) is 0.470. The first kappa shape index (κ1) is 21.9. The van der Waals surface area contributed by atoms with Gasteiger partial charge >= 0.3 is 0 Å². The van der Waals surface area contributed by atoms with Gasteiger partial charge in [-0.15, -0.1) is 0 Å². The molecule has 0 fully saturated rings. The number of aromatic nitrogens is 1. The van der Waals surface area contributed by atoms with Crippen molar-refractivity contribution in [1.29, 1.82) is 0 Å². The molecule has 0 bridgehead atoms. The number of sulfone groups is 1. The Labute approximate surface area is 197 Å². The summed E-state index contributed by atoms with van der Waals surface area (Å²) in [6, 6.07) is 21.9. The Kier molecular flexibility index (Phi) is 5.67. The second-order valence-corrected chi connectivity index (χ2v) is 10.1. The van der Waals surface area contributed by atoms with Crippen LogP contribution in [0.15, 0.2) is 83.9 Å². The Bertz CT molecular complexity index is 1480. The van der Waals surface area contributed by atoms with E-state index in [1.807, 2.05) is 24.3 Å². The first-order valence-electron chi connectivity index (χ1n) is 10.9. The third-order valence-corrected chi connectivity index (χ3v) is 6.93. The average Bonchev–Trinajstić information content (AvgIpc) is 2.86. The molecule has 1 aromatic heterocycles. The molecule has 172 valence electrons. The van der Waals surface area contributed by atoms with Crippen molar-refractivity contribution >= 4 is 38.0 Å². The van der Waals surface area contributed by atoms with Crippen molar-refractivity contribution in [2.24, 2.45) is 0 Å². The summed E-state index contributed by atoms with van der Waals surface area (Å²) in [6.45, 7) is 1.48. The van der Waals surface area contributed by atoms with Crippen molar-refractivity contribution in [3.05, 3.63) is 90.1 Å². The molecule has 5 rings (SSSR count). The molecule has 1 amide bonds. The lowest BCUT2D eigenvalue weighted by molar-refractivity contribution is 0.0950. The van der Waals surface area contributed by atoms with Gasteiger partial charge < -0.3 is 15.0 Å². The van der Waals surface area contributed by atoms with Gasteiger partial charge in [-0.2, -0.15) is 0 Å². The lowest BCUT2D eigenvalue weighted by Gasteiger charge is -2.32. The summed E-state index contributed by atoms with van der Waals surface area (Å²) in [5, 5.41) is 3.94. The minimum absolute atomic E-state index is 0.231. The summed E-state index contributed by atoms with van der Waals surface area (Å²) in [5.41, 5.74) is 4.17. The summed E-state index contributed by atoms with van der Waals surface area (Å²) in [7, 11) is -3.25. The van der Waals surface area contributed by atoms with Crippen LogP contribution in [0, 0.1) is 0 Å². The summed E-state index contributed by atoms with van der Waals surface area (Å²) in [4.78, 5) is 19.7. The molecule has 0 saturated carbocycles. The highest BCUT2D eigenvalue weighted by Crippen LogP contribution is 2.39. The van der Waals surface area contributed by atoms with Crippen molar-refractivity contribution in [1.82, 2.24) is 10.3 Å². The normalized spacial score (nSPS) is 13.3. The van der Waals surface area contributed by atoms with Crippen LogP contribution in [0.5, 0.6) is 5.75 Å². The molecule has 1 aliphatic rings. The van der Waals surface area contributed by atoms with Crippen molar-refractivity contribution in [2.45, 2.75) is 11.4 Å². The van der Waals surface area contributed by atoms with Crippen molar-refractivity contribution in [2.75, 3.05) is 24.3 Å². The van der Waals surface area contributed by atoms with Gasteiger partial charge in [0.05, 0.1) is 28.3 Å². The van der Waals surface area contributed by atoms with E-state index in [0.29, 0.717) is 24.5 Å². The van der Waals surface area contributed by atoms with Crippen LogP contribution in [0.1, 0.15) is 15.9 Å². The van der Waals surface area contributed by atoms with Crippen molar-refractivity contribution in [3.8, 4) is 5.75 Å². The van der Waals surface area contributed by atoms with Gasteiger partial charge in [-0.25, -0.2) is 8.42 Å². The number of rotatable bonds is 5. The van der Waals surface area contributed by atoms with E-state index in [0.717, 1.165) is 27.8 Å². The van der Waals surface area contributed by atoms with E-state index in [1.54, 1.807) is 42.6 Å². The molecule has 4 aromatic rings. The second-order valence-electron chi connectivity index (χ2n) is 8.13. The Hall–Kier alpha value is -3.91. The number of amides is 1. The lowest BCUT2D eigenvalue weighted by atomic mass is 10.1. The number of ether oxygens (including phenoxy) is 1. The number of benzene rings is 3. The molecule has 3 aromatic carbocycles. The van der Waals surface area contributed by atoms with Gasteiger partial charge in [0, 0.05) is 29.9 Å². The van der Waals surface area contributed by atoms with Crippen LogP contribution in [-0.4, -0.2) is 38.7 Å². The van der Waals surface area contributed by atoms with Crippen LogP contribution in [0.3, 0.4) is 0 Å². The summed E-state index contributed by atoms with van der Waals surface area (Å²) >= 11 is 0. The molecule has 0 atom stereocenters. The van der Waals surface area contributed by atoms with E-state index >= 15 is 0 Å². The minimum Gasteiger partial charge on any atom is -0.490 e. The zero-order valence-electron chi connectivity index (χ0n) is 18.6. The molecule has 0 spiro atoms. The molecule has 1 N–H and O–H groups in total. The van der Waals surface area contributed by atoms with E-state index in [9.17, 15) is 13.2 Å². The number of anilines is 2. The number of hydrogen-bond donors (Lipinski definition) is 1. The smallest absolute Gasteiger partial charge is 0.251 e. The first-order chi connectivity index (χ1) is 16.4. The van der Waals surface area contributed by atoms with E-state index < -0.39 is 9.84 Å². The predicted octanol–water partition coefficient (Wildman–Crippen LogP) is 4.10. The number of hydrogen-bond acceptors (Lipinski definition) is 6. The molecule has 0 radical (unpaired) electrons. The van der Waals surface area contributed by atoms with Crippen LogP contribution >= 0.6 is 0 Å². The molecule has 34 heavy (non-hydrogen) atoms. The highest BCUT2D eigenvalue weighted by atomic mass is 32.2. The molecule has 8 heteroatoms. The predicted molar refractivity (Wildman–Crippen MR) is 131 cm³/mol. The average molecular weight is 474 g/mol. The zero-order chi connectivity index (χ0) is 23.7. The van der Waals surface area contributed by atoms with Crippen LogP contribution < -0.4 is 15.0 Å². The molecule has 0 aliphatic carbocycles. The fourth-order valence-corrected chi connectivity index (χ4v) is 4.70. The van der Waals surface area contributed by atoms with Crippen LogP contribution in [-0.2, 0) is 16.4 Å². The Balaban J connectivity index is 1.35. The Morgan fingerprint density at radius 2 is 1.85 bits per heavy atom. The molecular formula is C26H23N3O4S. The largest absolute Gasteiger partial charge is 0.490 e. The minimum atomic E-state index is -3.25. The van der Waals surface area contributed by atoms with Crippen LogP contribution in [0.25, 0.3) is 10.9 Å². The molecule has 2 heterocycles. The third kappa shape index (κ3) is 4.32. The fourth-order valence-electron chi connectivity index (χ4n) is 4.07. The van der Waals surface area contributed by atoms with Gasteiger partial charge in [0.1, 0.15) is 12.4 Å². The van der Waals surface area contributed by atoms with Crippen LogP contribution in [0.2, 0.25) is 0 Å². The summed E-state index contributed by atoms with van der Waals surface area (Å²) in [6.07, 6.45) is 2.95. The molecule has 0 unspecified atom stereocenters. The summed E-state index contributed by atoms with van der Waals surface area (Å²) in [5.74, 6) is 0.419. The lowest BCUT2D eigenvalue weighted by Crippen LogP contribution is -2.29. The van der Waals surface area contributed by atoms with Gasteiger partial charge in [0.25, 0.3) is 5.91 Å². The Morgan fingerprint density at radius 1 is 1.03 bits per heavy atom. The van der Waals surface area contributed by atoms with Gasteiger partial charge in [-0.3, -0.25) is 9.78 Å². The van der Waals surface area contributed by atoms with E-state index in [-0.39, 0.29) is 17.3 Å². The number of nitrogens with zero attached hydrogens (tertiary/aromatic N) is 2. The van der Waals surface area contributed by atoms with Gasteiger partial charge in [0.2, 0.25) is 0 Å². The van der Waals surface area contributed by atoms with E-state index in [2.05, 4.69) is 27.3 Å². The number of carbonyl (C=O) groups excluding carboxylic acids is 1. The maximum atomic E-state index is 12.8. The number of pyridine rings is 1. The standard InChI is InChI=1S/C26H23N3O4S/c1-34(31,32)20-10-7-18(8-11-20)17-28-26(30)19-9-12-24-25(16-19)33-15-14-29(24)23-6-2-5-22-21(23)4-3-13-27-22/h2-13,16H,14-15,17H2,1H3,(H,28,30). The third-order valence-electron chi connectivity index (χ3n) is 5.80. The second kappa shape index (κ2) is 8.79. The molecule has 1 aliphatic heterocycles. The fraction of sp³-hybridized carbons (Fsp3) is 0.154. The van der Waals surface area contributed by atoms with Crippen molar-refractivity contribution < 1.29 is 17.9 Å². The molecule has 0 saturated heterocycles. The van der Waals surface area contributed by atoms with Crippen molar-refractivity contribution in [3.63, 3.8) is 0 Å². The highest BCUT2D eigenvalue weighted by Gasteiger charge is 2.22. The maximum Gasteiger partial charge on any atom is 0.251 e. The Morgan fingerprint density at radius 3 is 2.65 bits per heavy atom. The zero-order valence-corrected chi connectivity index (χ0v) is 19.4. The number of fused-ring (bicyclic) bond motifs is 2. The van der Waals surface area contributed by atoms with E-state index in [1.165, 1.54) is 6.26 Å². The monoisotopic (exact) mass is 473 g/mol. The first-order valence-corrected chi connectivity index (χ1v) is 12.7. The van der Waals surface area contributed by atoms with Gasteiger partial charge in [-0.1, -0.05) is 18.2 Å². The molecule has 7 nitrogen and oxygen atoms in total. The maximum absolute atomic E-state index is 12.8. The topological polar surface area (TPSA) is 88.6 Å².